The molecule has 2 aromatic carbocycles. The molecule has 0 spiro atoms. The summed E-state index contributed by atoms with van der Waals surface area (Å²) in [7, 11) is 0. The summed E-state index contributed by atoms with van der Waals surface area (Å²) in [5, 5.41) is 8.92. The van der Waals surface area contributed by atoms with Crippen LogP contribution in [0, 0.1) is 0 Å². The number of carbonyl (C=O) groups is 1. The molecule has 0 aliphatic rings. The third-order valence-corrected chi connectivity index (χ3v) is 2.63. The fourth-order valence-electron chi connectivity index (χ4n) is 1.67. The van der Waals surface area contributed by atoms with E-state index in [1.54, 1.807) is 18.2 Å². The van der Waals surface area contributed by atoms with E-state index in [4.69, 9.17) is 10.8 Å². The van der Waals surface area contributed by atoms with Gasteiger partial charge in [0.15, 0.2) is 0 Å². The fraction of sp³-hybridized carbons (Fsp3) is 0.0714. The van der Waals surface area contributed by atoms with Crippen molar-refractivity contribution in [2.24, 2.45) is 5.73 Å². The van der Waals surface area contributed by atoms with Gasteiger partial charge in [0.25, 0.3) is 0 Å². The highest BCUT2D eigenvalue weighted by atomic mass is 16.4. The average Bonchev–Trinajstić information content (AvgIpc) is 2.39. The number of rotatable bonds is 3. The third-order valence-electron chi connectivity index (χ3n) is 2.63. The zero-order valence-electron chi connectivity index (χ0n) is 9.26. The zero-order valence-corrected chi connectivity index (χ0v) is 9.26. The number of carboxylic acids is 1. The van der Waals surface area contributed by atoms with Crippen molar-refractivity contribution in [3.8, 4) is 11.1 Å². The SMILES string of the molecule is NCc1ccc(-c2cccc(C(=O)O)c2)cc1. The van der Waals surface area contributed by atoms with Crippen LogP contribution in [0.3, 0.4) is 0 Å². The summed E-state index contributed by atoms with van der Waals surface area (Å²) in [6.45, 7) is 0.509. The smallest absolute Gasteiger partial charge is 0.335 e. The first-order chi connectivity index (χ1) is 8.20. The van der Waals surface area contributed by atoms with Gasteiger partial charge in [-0.25, -0.2) is 4.79 Å². The molecular formula is C14H13NO2. The Hall–Kier alpha value is -2.13. The Kier molecular flexibility index (Phi) is 3.21. The molecule has 17 heavy (non-hydrogen) atoms. The highest BCUT2D eigenvalue weighted by molar-refractivity contribution is 5.89. The van der Waals surface area contributed by atoms with Gasteiger partial charge in [0.2, 0.25) is 0 Å². The second-order valence-electron chi connectivity index (χ2n) is 3.79. The van der Waals surface area contributed by atoms with Gasteiger partial charge < -0.3 is 10.8 Å². The predicted octanol–water partition coefficient (Wildman–Crippen LogP) is 2.51. The second-order valence-corrected chi connectivity index (χ2v) is 3.79. The van der Waals surface area contributed by atoms with Crippen molar-refractivity contribution in [2.75, 3.05) is 0 Å². The second kappa shape index (κ2) is 4.80. The van der Waals surface area contributed by atoms with Crippen LogP contribution in [0.4, 0.5) is 0 Å². The van der Waals surface area contributed by atoms with Gasteiger partial charge in [0, 0.05) is 6.54 Å². The monoisotopic (exact) mass is 227 g/mol. The molecule has 2 aromatic rings. The average molecular weight is 227 g/mol. The number of hydrogen-bond donors (Lipinski definition) is 2. The molecule has 0 aliphatic heterocycles. The largest absolute Gasteiger partial charge is 0.478 e. The molecule has 0 fully saturated rings. The molecule has 86 valence electrons. The Morgan fingerprint density at radius 3 is 2.35 bits per heavy atom. The summed E-state index contributed by atoms with van der Waals surface area (Å²) < 4.78 is 0. The first-order valence-electron chi connectivity index (χ1n) is 5.33. The van der Waals surface area contributed by atoms with Gasteiger partial charge in [-0.05, 0) is 28.8 Å². The lowest BCUT2D eigenvalue weighted by atomic mass is 10.0. The zero-order chi connectivity index (χ0) is 12.3. The Labute approximate surface area is 99.5 Å². The predicted molar refractivity (Wildman–Crippen MR) is 66.7 cm³/mol. The Bertz CT molecular complexity index is 532. The van der Waals surface area contributed by atoms with Crippen molar-refractivity contribution < 1.29 is 9.90 Å². The normalized spacial score (nSPS) is 10.2. The third kappa shape index (κ3) is 2.52. The van der Waals surface area contributed by atoms with Crippen molar-refractivity contribution in [1.82, 2.24) is 0 Å². The summed E-state index contributed by atoms with van der Waals surface area (Å²) in [5.41, 5.74) is 8.77. The molecule has 0 heterocycles. The van der Waals surface area contributed by atoms with Crippen LogP contribution < -0.4 is 5.73 Å². The van der Waals surface area contributed by atoms with Gasteiger partial charge in [-0.15, -0.1) is 0 Å². The Morgan fingerprint density at radius 1 is 1.06 bits per heavy atom. The fourth-order valence-corrected chi connectivity index (χ4v) is 1.67. The van der Waals surface area contributed by atoms with Crippen molar-refractivity contribution in [1.29, 1.82) is 0 Å². The molecule has 0 aromatic heterocycles. The minimum absolute atomic E-state index is 0.297. The number of carboxylic acid groups (broad SMARTS) is 1. The quantitative estimate of drug-likeness (QED) is 0.846. The van der Waals surface area contributed by atoms with E-state index in [0.717, 1.165) is 16.7 Å². The summed E-state index contributed by atoms with van der Waals surface area (Å²) >= 11 is 0. The molecule has 0 atom stereocenters. The van der Waals surface area contributed by atoms with Crippen LogP contribution in [-0.4, -0.2) is 11.1 Å². The molecule has 0 radical (unpaired) electrons. The highest BCUT2D eigenvalue weighted by Gasteiger charge is 2.04. The van der Waals surface area contributed by atoms with Crippen molar-refractivity contribution >= 4 is 5.97 Å². The maximum Gasteiger partial charge on any atom is 0.335 e. The van der Waals surface area contributed by atoms with Crippen molar-refractivity contribution in [2.45, 2.75) is 6.54 Å². The van der Waals surface area contributed by atoms with Crippen LogP contribution in [0.25, 0.3) is 11.1 Å². The lowest BCUT2D eigenvalue weighted by molar-refractivity contribution is 0.0697. The van der Waals surface area contributed by atoms with Gasteiger partial charge in [0.05, 0.1) is 5.56 Å². The van der Waals surface area contributed by atoms with Gasteiger partial charge in [-0.2, -0.15) is 0 Å². The summed E-state index contributed by atoms with van der Waals surface area (Å²) in [5.74, 6) is -0.912. The minimum atomic E-state index is -0.912. The van der Waals surface area contributed by atoms with Crippen LogP contribution >= 0.6 is 0 Å². The number of aromatic carboxylic acids is 1. The van der Waals surface area contributed by atoms with Crippen LogP contribution in [-0.2, 0) is 6.54 Å². The highest BCUT2D eigenvalue weighted by Crippen LogP contribution is 2.20. The molecule has 0 bridgehead atoms. The van der Waals surface area contributed by atoms with Crippen LogP contribution in [0.1, 0.15) is 15.9 Å². The standard InChI is InChI=1S/C14H13NO2/c15-9-10-4-6-11(7-5-10)12-2-1-3-13(8-12)14(16)17/h1-8H,9,15H2,(H,16,17). The van der Waals surface area contributed by atoms with Gasteiger partial charge in [-0.1, -0.05) is 36.4 Å². The van der Waals surface area contributed by atoms with Gasteiger partial charge in [-0.3, -0.25) is 0 Å². The maximum atomic E-state index is 10.9. The molecule has 0 unspecified atom stereocenters. The molecule has 3 N–H and O–H groups in total. The van der Waals surface area contributed by atoms with E-state index in [9.17, 15) is 4.79 Å². The molecule has 0 amide bonds. The molecule has 3 nitrogen and oxygen atoms in total. The number of nitrogens with two attached hydrogens (primary N) is 1. The van der Waals surface area contributed by atoms with E-state index < -0.39 is 5.97 Å². The topological polar surface area (TPSA) is 63.3 Å². The van der Waals surface area contributed by atoms with Crippen molar-refractivity contribution in [3.05, 3.63) is 59.7 Å². The summed E-state index contributed by atoms with van der Waals surface area (Å²) in [6.07, 6.45) is 0. The van der Waals surface area contributed by atoms with Crippen LogP contribution in [0.5, 0.6) is 0 Å². The van der Waals surface area contributed by atoms with E-state index in [-0.39, 0.29) is 0 Å². The molecule has 3 heteroatoms. The first-order valence-corrected chi connectivity index (χ1v) is 5.33. The Morgan fingerprint density at radius 2 is 1.76 bits per heavy atom. The van der Waals surface area contributed by atoms with Crippen molar-refractivity contribution in [3.63, 3.8) is 0 Å². The molecule has 2 rings (SSSR count). The van der Waals surface area contributed by atoms with Crippen LogP contribution in [0.2, 0.25) is 0 Å². The van der Waals surface area contributed by atoms with Crippen LogP contribution in [0.15, 0.2) is 48.5 Å². The van der Waals surface area contributed by atoms with E-state index in [2.05, 4.69) is 0 Å². The van der Waals surface area contributed by atoms with E-state index in [0.29, 0.717) is 12.1 Å². The van der Waals surface area contributed by atoms with E-state index in [1.165, 1.54) is 0 Å². The van der Waals surface area contributed by atoms with Gasteiger partial charge >= 0.3 is 5.97 Å². The van der Waals surface area contributed by atoms with E-state index >= 15 is 0 Å². The molecule has 0 aliphatic carbocycles. The molecule has 0 saturated carbocycles. The molecular weight excluding hydrogens is 214 g/mol. The Balaban J connectivity index is 2.38. The lowest BCUT2D eigenvalue weighted by Crippen LogP contribution is -1.96. The lowest BCUT2D eigenvalue weighted by Gasteiger charge is -2.04. The van der Waals surface area contributed by atoms with E-state index in [1.807, 2.05) is 30.3 Å². The first kappa shape index (κ1) is 11.4. The molecule has 0 saturated heterocycles. The minimum Gasteiger partial charge on any atom is -0.478 e. The number of hydrogen-bond acceptors (Lipinski definition) is 2. The van der Waals surface area contributed by atoms with Gasteiger partial charge in [0.1, 0.15) is 0 Å². The number of benzene rings is 2. The summed E-state index contributed by atoms with van der Waals surface area (Å²) in [4.78, 5) is 10.9. The maximum absolute atomic E-state index is 10.9. The summed E-state index contributed by atoms with van der Waals surface area (Å²) in [6, 6.07) is 14.7.